The molecule has 11 heteroatoms. The molecule has 240 valence electrons. The van der Waals surface area contributed by atoms with Crippen LogP contribution in [0.4, 0.5) is 4.39 Å². The van der Waals surface area contributed by atoms with Crippen molar-refractivity contribution in [1.29, 1.82) is 5.41 Å². The molecule has 2 atom stereocenters. The van der Waals surface area contributed by atoms with Crippen LogP contribution in [-0.4, -0.2) is 52.2 Å². The van der Waals surface area contributed by atoms with Crippen molar-refractivity contribution in [1.82, 2.24) is 25.2 Å². The van der Waals surface area contributed by atoms with Crippen LogP contribution < -0.4 is 22.1 Å². The molecule has 0 saturated heterocycles. The quantitative estimate of drug-likeness (QED) is 0.0426. The Morgan fingerprint density at radius 1 is 1.24 bits per heavy atom. The van der Waals surface area contributed by atoms with Gasteiger partial charge in [0.2, 0.25) is 0 Å². The Labute approximate surface area is 268 Å². The molecule has 0 unspecified atom stereocenters. The Morgan fingerprint density at radius 3 is 2.73 bits per heavy atom. The Hall–Kier alpha value is -3.83. The van der Waals surface area contributed by atoms with Crippen molar-refractivity contribution < 1.29 is 9.13 Å². The number of aryl methyl sites for hydroxylation is 1. The monoisotopic (exact) mass is 635 g/mol. The summed E-state index contributed by atoms with van der Waals surface area (Å²) in [5.41, 5.74) is 9.26. The van der Waals surface area contributed by atoms with E-state index in [0.717, 1.165) is 36.8 Å². The number of aromatic nitrogens is 3. The molecule has 0 radical (unpaired) electrons. The lowest BCUT2D eigenvalue weighted by Gasteiger charge is -2.16. The molecule has 0 amide bonds. The third-order valence-corrected chi connectivity index (χ3v) is 7.85. The van der Waals surface area contributed by atoms with Crippen LogP contribution in [0.25, 0.3) is 28.0 Å². The van der Waals surface area contributed by atoms with Crippen molar-refractivity contribution in [2.75, 3.05) is 19.8 Å². The Bertz CT molecular complexity index is 1650. The molecule has 2 heterocycles. The molecule has 9 nitrogen and oxygen atoms in total. The number of nitrogens with zero attached hydrogens (tertiary/aromatic N) is 2. The highest BCUT2D eigenvalue weighted by Gasteiger charge is 2.16. The first kappa shape index (κ1) is 34.1. The van der Waals surface area contributed by atoms with Crippen LogP contribution in [-0.2, 0) is 17.7 Å². The number of rotatable bonds is 17. The Morgan fingerprint density at radius 2 is 2.02 bits per heavy atom. The number of amidine groups is 1. The number of fused-ring (bicyclic) bond motifs is 1. The van der Waals surface area contributed by atoms with Gasteiger partial charge >= 0.3 is 5.69 Å². The zero-order valence-electron chi connectivity index (χ0n) is 26.0. The smallest absolute Gasteiger partial charge is 0.354 e. The van der Waals surface area contributed by atoms with E-state index in [-0.39, 0.29) is 17.1 Å². The van der Waals surface area contributed by atoms with E-state index in [4.69, 9.17) is 27.5 Å². The van der Waals surface area contributed by atoms with Crippen LogP contribution >= 0.6 is 11.6 Å². The van der Waals surface area contributed by atoms with E-state index in [2.05, 4.69) is 27.2 Å². The number of hydrogen-bond acceptors (Lipinski definition) is 6. The van der Waals surface area contributed by atoms with Crippen molar-refractivity contribution in [2.45, 2.75) is 64.6 Å². The average Bonchev–Trinajstić information content (AvgIpc) is 3.43. The SMILES string of the molecule is C=C[C@@H](CCNC(=N)CCOCC)NCc1ccc(-n2cc3cc(-c4cc(CCC[C@H](C)N)cc(Cl)c4F)[nH]c3nc2=O)cc1. The number of halogens is 2. The van der Waals surface area contributed by atoms with Crippen LogP contribution in [0.3, 0.4) is 0 Å². The first-order valence-electron chi connectivity index (χ1n) is 15.4. The number of benzene rings is 2. The lowest BCUT2D eigenvalue weighted by atomic mass is 10.0. The van der Waals surface area contributed by atoms with Gasteiger partial charge in [-0.05, 0) is 81.0 Å². The first-order chi connectivity index (χ1) is 21.7. The molecule has 0 bridgehead atoms. The number of hydrogen-bond donors (Lipinski definition) is 5. The summed E-state index contributed by atoms with van der Waals surface area (Å²) in [6.07, 6.45) is 7.39. The molecule has 4 aromatic rings. The Kier molecular flexibility index (Phi) is 12.5. The number of nitrogens with two attached hydrogens (primary N) is 1. The van der Waals surface area contributed by atoms with E-state index in [9.17, 15) is 4.79 Å². The highest BCUT2D eigenvalue weighted by molar-refractivity contribution is 6.31. The zero-order chi connectivity index (χ0) is 32.3. The number of ether oxygens (including phenoxy) is 1. The minimum absolute atomic E-state index is 0.0500. The van der Waals surface area contributed by atoms with Crippen molar-refractivity contribution in [3.8, 4) is 16.9 Å². The van der Waals surface area contributed by atoms with E-state index >= 15 is 4.39 Å². The summed E-state index contributed by atoms with van der Waals surface area (Å²) in [6.45, 7) is 10.3. The lowest BCUT2D eigenvalue weighted by Crippen LogP contribution is -2.32. The summed E-state index contributed by atoms with van der Waals surface area (Å²) < 4.78 is 21.9. The largest absolute Gasteiger partial charge is 0.381 e. The van der Waals surface area contributed by atoms with Crippen molar-refractivity contribution >= 4 is 28.5 Å². The van der Waals surface area contributed by atoms with Crippen molar-refractivity contribution in [2.24, 2.45) is 5.73 Å². The molecule has 0 aliphatic heterocycles. The van der Waals surface area contributed by atoms with Crippen LogP contribution in [0.1, 0.15) is 50.7 Å². The summed E-state index contributed by atoms with van der Waals surface area (Å²) in [5.74, 6) is -0.0549. The second kappa shape index (κ2) is 16.5. The van der Waals surface area contributed by atoms with Gasteiger partial charge in [-0.2, -0.15) is 4.98 Å². The van der Waals surface area contributed by atoms with E-state index in [1.165, 1.54) is 4.57 Å². The number of H-pyrrole nitrogens is 1. The molecule has 0 fully saturated rings. The molecule has 45 heavy (non-hydrogen) atoms. The van der Waals surface area contributed by atoms with E-state index in [1.807, 2.05) is 44.2 Å². The molecule has 2 aromatic heterocycles. The molecular weight excluding hydrogens is 593 g/mol. The molecule has 0 saturated carbocycles. The highest BCUT2D eigenvalue weighted by Crippen LogP contribution is 2.31. The summed E-state index contributed by atoms with van der Waals surface area (Å²) in [5, 5.41) is 15.3. The maximum atomic E-state index is 15.1. The third kappa shape index (κ3) is 9.58. The predicted octanol–water partition coefficient (Wildman–Crippen LogP) is 5.87. The van der Waals surface area contributed by atoms with Crippen LogP contribution in [0.15, 0.2) is 66.1 Å². The van der Waals surface area contributed by atoms with Gasteiger partial charge in [0.15, 0.2) is 5.82 Å². The molecule has 2 aromatic carbocycles. The van der Waals surface area contributed by atoms with Gasteiger partial charge in [0.05, 0.1) is 28.8 Å². The van der Waals surface area contributed by atoms with Crippen LogP contribution in [0, 0.1) is 11.2 Å². The van der Waals surface area contributed by atoms with Crippen molar-refractivity contribution in [3.05, 3.63) is 93.8 Å². The fourth-order valence-electron chi connectivity index (χ4n) is 5.05. The summed E-state index contributed by atoms with van der Waals surface area (Å²) in [6, 6.07) is 13.0. The van der Waals surface area contributed by atoms with Crippen LogP contribution in [0.2, 0.25) is 5.02 Å². The number of aromatic amines is 1. The van der Waals surface area contributed by atoms with E-state index in [1.54, 1.807) is 24.4 Å². The summed E-state index contributed by atoms with van der Waals surface area (Å²) in [7, 11) is 0. The van der Waals surface area contributed by atoms with E-state index in [0.29, 0.717) is 66.5 Å². The van der Waals surface area contributed by atoms with Gasteiger partial charge in [0.25, 0.3) is 0 Å². The number of nitrogens with one attached hydrogen (secondary N) is 4. The summed E-state index contributed by atoms with van der Waals surface area (Å²) >= 11 is 6.25. The normalized spacial score (nSPS) is 12.7. The zero-order valence-corrected chi connectivity index (χ0v) is 26.7. The Balaban J connectivity index is 1.42. The minimum Gasteiger partial charge on any atom is -0.381 e. The molecule has 0 aliphatic rings. The predicted molar refractivity (Wildman–Crippen MR) is 181 cm³/mol. The minimum atomic E-state index is -0.523. The third-order valence-electron chi connectivity index (χ3n) is 7.57. The molecule has 4 rings (SSSR count). The van der Waals surface area contributed by atoms with Gasteiger partial charge in [0, 0.05) is 55.3 Å². The molecule has 6 N–H and O–H groups in total. The van der Waals surface area contributed by atoms with Gasteiger partial charge in [-0.15, -0.1) is 6.58 Å². The fraction of sp³-hybridized carbons (Fsp3) is 0.382. The summed E-state index contributed by atoms with van der Waals surface area (Å²) in [4.78, 5) is 20.3. The first-order valence-corrected chi connectivity index (χ1v) is 15.8. The van der Waals surface area contributed by atoms with Gasteiger partial charge < -0.3 is 26.1 Å². The van der Waals surface area contributed by atoms with Crippen molar-refractivity contribution in [3.63, 3.8) is 0 Å². The lowest BCUT2D eigenvalue weighted by molar-refractivity contribution is 0.154. The second-order valence-corrected chi connectivity index (χ2v) is 11.6. The van der Waals surface area contributed by atoms with E-state index < -0.39 is 11.5 Å². The van der Waals surface area contributed by atoms with Crippen LogP contribution in [0.5, 0.6) is 0 Å². The second-order valence-electron chi connectivity index (χ2n) is 11.2. The highest BCUT2D eigenvalue weighted by atomic mass is 35.5. The van der Waals surface area contributed by atoms with Gasteiger partial charge in [-0.25, -0.2) is 9.18 Å². The topological polar surface area (TPSA) is 134 Å². The van der Waals surface area contributed by atoms with Gasteiger partial charge in [0.1, 0.15) is 5.65 Å². The standard InChI is InChI=1S/C34H43ClFN7O2/c1-4-26(13-15-39-31(38)14-16-45-5-2)40-20-23-9-11-27(12-10-23)43-21-25-19-30(41-33(25)42-34(43)44)28-17-24(8-6-7-22(3)37)18-29(35)32(28)36/h4,9-12,17-19,21-22,26,40H,1,5-8,13-16,20,37H2,2-3H3,(H2,38,39)(H,41,42,44)/t22-,26-/m0/s1. The average molecular weight is 636 g/mol. The maximum Gasteiger partial charge on any atom is 0.354 e. The fourth-order valence-corrected chi connectivity index (χ4v) is 5.29. The molecular formula is C34H43ClFN7O2. The van der Waals surface area contributed by atoms with Gasteiger partial charge in [-0.3, -0.25) is 9.98 Å². The van der Waals surface area contributed by atoms with Gasteiger partial charge in [-0.1, -0.05) is 29.8 Å². The maximum absolute atomic E-state index is 15.1. The molecule has 0 spiro atoms. The molecule has 0 aliphatic carbocycles.